The van der Waals surface area contributed by atoms with Gasteiger partial charge in [-0.25, -0.2) is 4.79 Å². The zero-order chi connectivity index (χ0) is 17.8. The summed E-state index contributed by atoms with van der Waals surface area (Å²) in [5, 5.41) is 0. The van der Waals surface area contributed by atoms with E-state index < -0.39 is 0 Å². The first-order chi connectivity index (χ1) is 11.8. The SMILES string of the molecule is CC(C)(N)C1[C@H]2CN(Cc3ccc(-n4ccc(N)nc4=O)cc3)C[C@@H]12. The van der Waals surface area contributed by atoms with E-state index in [2.05, 4.69) is 35.9 Å². The third kappa shape index (κ3) is 3.07. The molecule has 4 rings (SSSR count). The predicted octanol–water partition coefficient (Wildman–Crippen LogP) is 1.23. The number of piperidine rings is 1. The summed E-state index contributed by atoms with van der Waals surface area (Å²) in [5.41, 5.74) is 13.4. The molecular formula is C19H25N5O. The van der Waals surface area contributed by atoms with Crippen molar-refractivity contribution in [1.29, 1.82) is 0 Å². The van der Waals surface area contributed by atoms with Gasteiger partial charge in [0.05, 0.1) is 5.69 Å². The molecule has 4 N–H and O–H groups in total. The summed E-state index contributed by atoms with van der Waals surface area (Å²) in [6, 6.07) is 9.69. The van der Waals surface area contributed by atoms with E-state index >= 15 is 0 Å². The van der Waals surface area contributed by atoms with E-state index in [1.807, 2.05) is 12.1 Å². The van der Waals surface area contributed by atoms with Gasteiger partial charge in [-0.1, -0.05) is 12.1 Å². The number of rotatable bonds is 4. The summed E-state index contributed by atoms with van der Waals surface area (Å²) in [5.74, 6) is 2.44. The molecule has 1 saturated carbocycles. The highest BCUT2D eigenvalue weighted by Crippen LogP contribution is 2.56. The normalized spacial score (nSPS) is 25.8. The maximum atomic E-state index is 11.9. The molecule has 1 unspecified atom stereocenters. The molecule has 6 nitrogen and oxygen atoms in total. The number of likely N-dealkylation sites (tertiary alicyclic amines) is 1. The highest BCUT2D eigenvalue weighted by atomic mass is 16.1. The molecule has 0 bridgehead atoms. The Morgan fingerprint density at radius 2 is 1.80 bits per heavy atom. The molecule has 1 aliphatic heterocycles. The second kappa shape index (κ2) is 5.68. The van der Waals surface area contributed by atoms with Crippen LogP contribution >= 0.6 is 0 Å². The number of anilines is 1. The van der Waals surface area contributed by atoms with Gasteiger partial charge in [-0.05, 0) is 55.4 Å². The molecule has 0 radical (unpaired) electrons. The van der Waals surface area contributed by atoms with Gasteiger partial charge < -0.3 is 11.5 Å². The third-order valence-electron chi connectivity index (χ3n) is 5.57. The van der Waals surface area contributed by atoms with Crippen molar-refractivity contribution in [3.05, 3.63) is 52.6 Å². The molecule has 1 aliphatic carbocycles. The fourth-order valence-electron chi connectivity index (χ4n) is 4.48. The molecule has 25 heavy (non-hydrogen) atoms. The van der Waals surface area contributed by atoms with Crippen molar-refractivity contribution in [2.24, 2.45) is 23.5 Å². The van der Waals surface area contributed by atoms with Crippen molar-refractivity contribution < 1.29 is 0 Å². The second-order valence-corrected chi connectivity index (χ2v) is 8.04. The Kier molecular flexibility index (Phi) is 3.70. The zero-order valence-corrected chi connectivity index (χ0v) is 14.7. The van der Waals surface area contributed by atoms with Crippen LogP contribution in [0.4, 0.5) is 5.82 Å². The minimum Gasteiger partial charge on any atom is -0.383 e. The number of hydrogen-bond acceptors (Lipinski definition) is 5. The molecular weight excluding hydrogens is 314 g/mol. The van der Waals surface area contributed by atoms with Crippen molar-refractivity contribution in [3.63, 3.8) is 0 Å². The van der Waals surface area contributed by atoms with Crippen molar-refractivity contribution in [3.8, 4) is 5.69 Å². The highest BCUT2D eigenvalue weighted by molar-refractivity contribution is 5.36. The van der Waals surface area contributed by atoms with Crippen LogP contribution in [0.5, 0.6) is 0 Å². The molecule has 132 valence electrons. The van der Waals surface area contributed by atoms with Gasteiger partial charge in [0.1, 0.15) is 5.82 Å². The first-order valence-corrected chi connectivity index (χ1v) is 8.78. The predicted molar refractivity (Wildman–Crippen MR) is 98.3 cm³/mol. The van der Waals surface area contributed by atoms with E-state index in [0.717, 1.165) is 37.2 Å². The molecule has 1 saturated heterocycles. The van der Waals surface area contributed by atoms with E-state index in [0.29, 0.717) is 5.92 Å². The van der Waals surface area contributed by atoms with Crippen molar-refractivity contribution in [1.82, 2.24) is 14.5 Å². The lowest BCUT2D eigenvalue weighted by Gasteiger charge is -2.25. The van der Waals surface area contributed by atoms with Crippen molar-refractivity contribution in [2.45, 2.75) is 25.9 Å². The van der Waals surface area contributed by atoms with Gasteiger partial charge in [-0.2, -0.15) is 4.98 Å². The summed E-state index contributed by atoms with van der Waals surface area (Å²) >= 11 is 0. The maximum absolute atomic E-state index is 11.9. The number of aromatic nitrogens is 2. The minimum absolute atomic E-state index is 0.0521. The van der Waals surface area contributed by atoms with Crippen LogP contribution in [0.3, 0.4) is 0 Å². The maximum Gasteiger partial charge on any atom is 0.354 e. The van der Waals surface area contributed by atoms with Crippen LogP contribution in [0.15, 0.2) is 41.3 Å². The van der Waals surface area contributed by atoms with Gasteiger partial charge in [-0.15, -0.1) is 0 Å². The van der Waals surface area contributed by atoms with Gasteiger partial charge in [0, 0.05) is 31.4 Å². The lowest BCUT2D eigenvalue weighted by molar-refractivity contribution is 0.249. The van der Waals surface area contributed by atoms with Crippen LogP contribution in [0.1, 0.15) is 19.4 Å². The lowest BCUT2D eigenvalue weighted by Crippen LogP contribution is -2.39. The Morgan fingerprint density at radius 3 is 2.36 bits per heavy atom. The smallest absolute Gasteiger partial charge is 0.354 e. The molecule has 2 fully saturated rings. The van der Waals surface area contributed by atoms with E-state index in [4.69, 9.17) is 11.5 Å². The molecule has 2 aromatic rings. The van der Waals surface area contributed by atoms with Gasteiger partial charge in [0.15, 0.2) is 0 Å². The molecule has 1 aromatic carbocycles. The molecule has 3 atom stereocenters. The summed E-state index contributed by atoms with van der Waals surface area (Å²) in [4.78, 5) is 18.2. The summed E-state index contributed by atoms with van der Waals surface area (Å²) in [7, 11) is 0. The monoisotopic (exact) mass is 339 g/mol. The molecule has 0 spiro atoms. The Morgan fingerprint density at radius 1 is 1.16 bits per heavy atom. The first-order valence-electron chi connectivity index (χ1n) is 8.78. The van der Waals surface area contributed by atoms with Crippen LogP contribution in [0, 0.1) is 17.8 Å². The number of nitrogens with two attached hydrogens (primary N) is 2. The number of nitrogens with zero attached hydrogens (tertiary/aromatic N) is 3. The zero-order valence-electron chi connectivity index (χ0n) is 14.7. The van der Waals surface area contributed by atoms with E-state index in [1.54, 1.807) is 12.3 Å². The minimum atomic E-state index is -0.358. The lowest BCUT2D eigenvalue weighted by atomic mass is 9.96. The number of benzene rings is 1. The second-order valence-electron chi connectivity index (χ2n) is 8.04. The third-order valence-corrected chi connectivity index (χ3v) is 5.57. The van der Waals surface area contributed by atoms with Crippen molar-refractivity contribution >= 4 is 5.82 Å². The Bertz CT molecular complexity index is 824. The number of hydrogen-bond donors (Lipinski definition) is 2. The van der Waals surface area contributed by atoms with Crippen LogP contribution in [0.25, 0.3) is 5.69 Å². The van der Waals surface area contributed by atoms with Gasteiger partial charge in [-0.3, -0.25) is 9.47 Å². The van der Waals surface area contributed by atoms with Crippen LogP contribution < -0.4 is 17.2 Å². The summed E-state index contributed by atoms with van der Waals surface area (Å²) in [6.07, 6.45) is 1.66. The quantitative estimate of drug-likeness (QED) is 0.874. The average Bonchev–Trinajstić information content (AvgIpc) is 3.07. The van der Waals surface area contributed by atoms with E-state index in [1.165, 1.54) is 10.1 Å². The fraction of sp³-hybridized carbons (Fsp3) is 0.474. The molecule has 1 aromatic heterocycles. The van der Waals surface area contributed by atoms with Crippen LogP contribution in [-0.4, -0.2) is 33.1 Å². The van der Waals surface area contributed by atoms with Crippen LogP contribution in [0.2, 0.25) is 0 Å². The molecule has 2 aliphatic rings. The van der Waals surface area contributed by atoms with Gasteiger partial charge in [0.2, 0.25) is 0 Å². The Hall–Kier alpha value is -2.18. The van der Waals surface area contributed by atoms with Gasteiger partial charge >= 0.3 is 5.69 Å². The van der Waals surface area contributed by atoms with E-state index in [9.17, 15) is 4.79 Å². The fourth-order valence-corrected chi connectivity index (χ4v) is 4.48. The van der Waals surface area contributed by atoms with Crippen LogP contribution in [-0.2, 0) is 6.54 Å². The van der Waals surface area contributed by atoms with E-state index in [-0.39, 0.29) is 17.0 Å². The number of nitrogen functional groups attached to an aromatic ring is 1. The molecule has 2 heterocycles. The standard InChI is InChI=1S/C19H25N5O/c1-19(2,21)17-14-10-23(11-15(14)17)9-12-3-5-13(6-4-12)24-8-7-16(20)22-18(24)25/h3-8,14-15,17H,9-11,21H2,1-2H3,(H2,20,22,25)/t14-,15+,17?. The highest BCUT2D eigenvalue weighted by Gasteiger charge is 2.59. The molecule has 0 amide bonds. The number of fused-ring (bicyclic) bond motifs is 1. The largest absolute Gasteiger partial charge is 0.383 e. The first kappa shape index (κ1) is 16.3. The summed E-state index contributed by atoms with van der Waals surface area (Å²) < 4.78 is 1.50. The Labute approximate surface area is 147 Å². The topological polar surface area (TPSA) is 90.2 Å². The van der Waals surface area contributed by atoms with Crippen molar-refractivity contribution in [2.75, 3.05) is 18.8 Å². The summed E-state index contributed by atoms with van der Waals surface area (Å²) in [6.45, 7) is 7.51. The Balaban J connectivity index is 1.40. The van der Waals surface area contributed by atoms with Gasteiger partial charge in [0.25, 0.3) is 0 Å². The molecule has 6 heteroatoms. The average molecular weight is 339 g/mol.